The van der Waals surface area contributed by atoms with Crippen LogP contribution < -0.4 is 4.74 Å². The predicted octanol–water partition coefficient (Wildman–Crippen LogP) is 3.12. The Morgan fingerprint density at radius 1 is 1.31 bits per heavy atom. The minimum Gasteiger partial charge on any atom is -0.496 e. The summed E-state index contributed by atoms with van der Waals surface area (Å²) in [5.74, 6) is 0.809. The second kappa shape index (κ2) is 4.45. The van der Waals surface area contributed by atoms with Gasteiger partial charge in [-0.15, -0.1) is 0 Å². The third-order valence-corrected chi connectivity index (χ3v) is 2.51. The number of nitrogens with zero attached hydrogens (tertiary/aromatic N) is 1. The highest BCUT2D eigenvalue weighted by Crippen LogP contribution is 2.28. The molecular weight excluding hydrogens is 220 g/mol. The normalized spacial score (nSPS) is 10.1. The van der Waals surface area contributed by atoms with Crippen molar-refractivity contribution in [2.45, 2.75) is 6.92 Å². The zero-order valence-electron chi connectivity index (χ0n) is 9.15. The number of hydrogen-bond donors (Lipinski definition) is 1. The standard InChI is InChI=1S/C12H12N2OS/c1-8-3-4-11(15-2)9(5-8)10-6-13-7-12(16)14-10/h3-7H,1-2H3,(H,14,16). The van der Waals surface area contributed by atoms with Crippen molar-refractivity contribution >= 4 is 12.2 Å². The second-order valence-corrected chi connectivity index (χ2v) is 3.95. The maximum absolute atomic E-state index is 5.31. The molecule has 0 bridgehead atoms. The number of rotatable bonds is 2. The molecule has 0 amide bonds. The van der Waals surface area contributed by atoms with Crippen molar-refractivity contribution in [1.29, 1.82) is 0 Å². The molecule has 0 aliphatic rings. The Hall–Kier alpha value is -1.68. The molecule has 2 aromatic rings. The monoisotopic (exact) mass is 232 g/mol. The van der Waals surface area contributed by atoms with Crippen molar-refractivity contribution in [3.05, 3.63) is 40.8 Å². The minimum absolute atomic E-state index is 0.612. The zero-order chi connectivity index (χ0) is 11.5. The first-order chi connectivity index (χ1) is 7.70. The van der Waals surface area contributed by atoms with Gasteiger partial charge in [-0.1, -0.05) is 23.8 Å². The average Bonchev–Trinajstić information content (AvgIpc) is 2.29. The smallest absolute Gasteiger partial charge is 0.128 e. The van der Waals surface area contributed by atoms with Gasteiger partial charge in [0.1, 0.15) is 10.4 Å². The first kappa shape index (κ1) is 10.8. The van der Waals surface area contributed by atoms with E-state index in [0.717, 1.165) is 17.0 Å². The molecule has 0 saturated carbocycles. The van der Waals surface area contributed by atoms with E-state index >= 15 is 0 Å². The van der Waals surface area contributed by atoms with Crippen molar-refractivity contribution in [3.8, 4) is 17.0 Å². The fourth-order valence-corrected chi connectivity index (χ4v) is 1.72. The van der Waals surface area contributed by atoms with E-state index in [9.17, 15) is 0 Å². The van der Waals surface area contributed by atoms with Gasteiger partial charge >= 0.3 is 0 Å². The summed E-state index contributed by atoms with van der Waals surface area (Å²) in [6.07, 6.45) is 3.36. The van der Waals surface area contributed by atoms with Crippen LogP contribution in [0.5, 0.6) is 5.75 Å². The van der Waals surface area contributed by atoms with Gasteiger partial charge in [0.2, 0.25) is 0 Å². The Labute approximate surface area is 99.1 Å². The molecule has 0 atom stereocenters. The van der Waals surface area contributed by atoms with Crippen LogP contribution in [-0.2, 0) is 0 Å². The molecule has 82 valence electrons. The molecule has 0 unspecified atom stereocenters. The predicted molar refractivity (Wildman–Crippen MR) is 66.1 cm³/mol. The van der Waals surface area contributed by atoms with Crippen LogP contribution in [0.15, 0.2) is 30.6 Å². The van der Waals surface area contributed by atoms with Crippen LogP contribution in [0, 0.1) is 11.6 Å². The molecule has 16 heavy (non-hydrogen) atoms. The molecule has 1 heterocycles. The lowest BCUT2D eigenvalue weighted by atomic mass is 10.1. The number of benzene rings is 1. The maximum Gasteiger partial charge on any atom is 0.128 e. The largest absolute Gasteiger partial charge is 0.496 e. The number of ether oxygens (including phenoxy) is 1. The van der Waals surface area contributed by atoms with Crippen LogP contribution in [-0.4, -0.2) is 17.1 Å². The first-order valence-electron chi connectivity index (χ1n) is 4.90. The lowest BCUT2D eigenvalue weighted by molar-refractivity contribution is 0.416. The van der Waals surface area contributed by atoms with Gasteiger partial charge in [0, 0.05) is 5.56 Å². The van der Waals surface area contributed by atoms with E-state index in [1.54, 1.807) is 19.5 Å². The molecule has 1 aromatic carbocycles. The molecule has 1 N–H and O–H groups in total. The summed E-state index contributed by atoms with van der Waals surface area (Å²) in [4.78, 5) is 7.17. The fourth-order valence-electron chi connectivity index (χ4n) is 1.55. The average molecular weight is 232 g/mol. The van der Waals surface area contributed by atoms with Gasteiger partial charge < -0.3 is 9.72 Å². The summed E-state index contributed by atoms with van der Waals surface area (Å²) in [6, 6.07) is 5.99. The number of aryl methyl sites for hydroxylation is 1. The summed E-state index contributed by atoms with van der Waals surface area (Å²) >= 11 is 5.05. The molecule has 1 aromatic heterocycles. The Morgan fingerprint density at radius 3 is 2.81 bits per heavy atom. The number of nitrogens with one attached hydrogen (secondary N) is 1. The van der Waals surface area contributed by atoms with Crippen LogP contribution >= 0.6 is 12.2 Å². The molecule has 0 radical (unpaired) electrons. The van der Waals surface area contributed by atoms with Crippen LogP contribution in [0.4, 0.5) is 0 Å². The molecule has 0 fully saturated rings. The van der Waals surface area contributed by atoms with Gasteiger partial charge in [-0.05, 0) is 19.1 Å². The second-order valence-electron chi connectivity index (χ2n) is 3.51. The van der Waals surface area contributed by atoms with Crippen molar-refractivity contribution in [2.24, 2.45) is 0 Å². The summed E-state index contributed by atoms with van der Waals surface area (Å²) in [6.45, 7) is 2.04. The Bertz CT molecular complexity index is 563. The quantitative estimate of drug-likeness (QED) is 0.808. The van der Waals surface area contributed by atoms with E-state index in [0.29, 0.717) is 4.64 Å². The number of hydrogen-bond acceptors (Lipinski definition) is 3. The van der Waals surface area contributed by atoms with E-state index in [1.807, 2.05) is 25.1 Å². The molecule has 0 spiro atoms. The van der Waals surface area contributed by atoms with E-state index in [1.165, 1.54) is 5.56 Å². The number of aromatic amines is 1. The topological polar surface area (TPSA) is 37.9 Å². The third kappa shape index (κ3) is 2.12. The van der Waals surface area contributed by atoms with E-state index in [2.05, 4.69) is 9.97 Å². The maximum atomic E-state index is 5.31. The summed E-state index contributed by atoms with van der Waals surface area (Å²) in [5, 5.41) is 0. The fraction of sp³-hybridized carbons (Fsp3) is 0.167. The molecule has 3 nitrogen and oxygen atoms in total. The molecular formula is C12H12N2OS. The number of aromatic nitrogens is 2. The van der Waals surface area contributed by atoms with Crippen molar-refractivity contribution in [3.63, 3.8) is 0 Å². The van der Waals surface area contributed by atoms with E-state index in [4.69, 9.17) is 17.0 Å². The van der Waals surface area contributed by atoms with Crippen molar-refractivity contribution < 1.29 is 4.74 Å². The first-order valence-corrected chi connectivity index (χ1v) is 5.31. The van der Waals surface area contributed by atoms with Gasteiger partial charge in [-0.3, -0.25) is 4.98 Å². The lowest BCUT2D eigenvalue weighted by Crippen LogP contribution is -1.92. The Kier molecular flexibility index (Phi) is 3.01. The highest BCUT2D eigenvalue weighted by Gasteiger charge is 2.06. The summed E-state index contributed by atoms with van der Waals surface area (Å²) < 4.78 is 5.92. The minimum atomic E-state index is 0.612. The zero-order valence-corrected chi connectivity index (χ0v) is 9.97. The van der Waals surface area contributed by atoms with Gasteiger partial charge in [0.15, 0.2) is 0 Å². The molecule has 0 saturated heterocycles. The number of methoxy groups -OCH3 is 1. The van der Waals surface area contributed by atoms with Crippen molar-refractivity contribution in [2.75, 3.05) is 7.11 Å². The Morgan fingerprint density at radius 2 is 2.12 bits per heavy atom. The number of H-pyrrole nitrogens is 1. The van der Waals surface area contributed by atoms with Crippen LogP contribution in [0.1, 0.15) is 5.56 Å². The lowest BCUT2D eigenvalue weighted by Gasteiger charge is -2.09. The summed E-state index contributed by atoms with van der Waals surface area (Å²) in [5.41, 5.74) is 3.01. The summed E-state index contributed by atoms with van der Waals surface area (Å²) in [7, 11) is 1.65. The highest BCUT2D eigenvalue weighted by atomic mass is 32.1. The molecule has 0 aliphatic heterocycles. The Balaban J connectivity index is 2.62. The van der Waals surface area contributed by atoms with Gasteiger partial charge in [-0.25, -0.2) is 0 Å². The van der Waals surface area contributed by atoms with Crippen LogP contribution in [0.2, 0.25) is 0 Å². The van der Waals surface area contributed by atoms with Gasteiger partial charge in [-0.2, -0.15) is 0 Å². The SMILES string of the molecule is COc1ccc(C)cc1-c1cncc(=S)[nH]1. The third-order valence-electron chi connectivity index (χ3n) is 2.30. The highest BCUT2D eigenvalue weighted by molar-refractivity contribution is 7.71. The van der Waals surface area contributed by atoms with Gasteiger partial charge in [0.25, 0.3) is 0 Å². The van der Waals surface area contributed by atoms with Crippen LogP contribution in [0.25, 0.3) is 11.3 Å². The van der Waals surface area contributed by atoms with E-state index in [-0.39, 0.29) is 0 Å². The van der Waals surface area contributed by atoms with E-state index < -0.39 is 0 Å². The molecule has 0 aliphatic carbocycles. The van der Waals surface area contributed by atoms with Crippen LogP contribution in [0.3, 0.4) is 0 Å². The van der Waals surface area contributed by atoms with Gasteiger partial charge in [0.05, 0.1) is 25.2 Å². The van der Waals surface area contributed by atoms with Crippen molar-refractivity contribution in [1.82, 2.24) is 9.97 Å². The molecule has 4 heteroatoms. The molecule has 2 rings (SSSR count).